The average Bonchev–Trinajstić information content (AvgIpc) is 1.45. The lowest BCUT2D eigenvalue weighted by molar-refractivity contribution is -0.288. The number of nitrogens with zero attached hydrogens (tertiary/aromatic N) is 2. The van der Waals surface area contributed by atoms with Crippen molar-refractivity contribution in [1.82, 2.24) is 19.9 Å². The smallest absolute Gasteiger partial charge is 0.303 e. The number of carbonyl (C=O) groups is 8. The van der Waals surface area contributed by atoms with Gasteiger partial charge in [-0.1, -0.05) is 97.1 Å². The van der Waals surface area contributed by atoms with Crippen molar-refractivity contribution in [1.29, 1.82) is 0 Å². The summed E-state index contributed by atoms with van der Waals surface area (Å²) in [6.07, 6.45) is -7.31. The number of fused-ring (bicyclic) bond motifs is 8. The lowest BCUT2D eigenvalue weighted by Gasteiger charge is -2.44. The Kier molecular flexibility index (Phi) is 20.0. The Hall–Kier alpha value is -11.2. The first-order valence-corrected chi connectivity index (χ1v) is 30.6. The molecule has 0 unspecified atom stereocenters. The summed E-state index contributed by atoms with van der Waals surface area (Å²) < 4.78 is 71.8. The second-order valence-corrected chi connectivity index (χ2v) is 22.6. The van der Waals surface area contributed by atoms with E-state index in [0.717, 1.165) is 52.7 Å². The van der Waals surface area contributed by atoms with E-state index in [1.54, 1.807) is 36.4 Å². The fourth-order valence-electron chi connectivity index (χ4n) is 12.0. The summed E-state index contributed by atoms with van der Waals surface area (Å²) in [7, 11) is 0. The van der Waals surface area contributed by atoms with Gasteiger partial charge in [0.25, 0.3) is 0 Å². The van der Waals surface area contributed by atoms with Gasteiger partial charge in [0.1, 0.15) is 36.9 Å². The summed E-state index contributed by atoms with van der Waals surface area (Å²) in [4.78, 5) is 120. The van der Waals surface area contributed by atoms with Crippen LogP contribution in [0.1, 0.15) is 78.2 Å². The molecular weight excluding hydrogens is 1240 g/mol. The van der Waals surface area contributed by atoms with Gasteiger partial charge in [0, 0.05) is 111 Å². The van der Waals surface area contributed by atoms with Crippen LogP contribution in [0.2, 0.25) is 0 Å². The highest BCUT2D eigenvalue weighted by molar-refractivity contribution is 6.01. The molecule has 2 N–H and O–H groups in total. The van der Waals surface area contributed by atoms with Crippen LogP contribution in [-0.2, 0) is 85.7 Å². The zero-order valence-corrected chi connectivity index (χ0v) is 53.3. The van der Waals surface area contributed by atoms with Crippen molar-refractivity contribution in [3.63, 3.8) is 0 Å². The number of aromatic amines is 2. The number of benzene rings is 4. The molecule has 494 valence electrons. The number of ether oxygens (including phenoxy) is 12. The monoisotopic (exact) mass is 1310 g/mol. The Labute approximate surface area is 549 Å². The third-order valence-electron chi connectivity index (χ3n) is 15.6. The van der Waals surface area contributed by atoms with E-state index in [-0.39, 0.29) is 11.5 Å². The Morgan fingerprint density at radius 3 is 0.969 bits per heavy atom. The molecule has 0 amide bonds. The predicted octanol–water partition coefficient (Wildman–Crippen LogP) is 10.2. The summed E-state index contributed by atoms with van der Waals surface area (Å²) in [6.45, 7) is 8.23. The molecule has 7 heterocycles. The topological polar surface area (TPSA) is 305 Å². The van der Waals surface area contributed by atoms with Crippen LogP contribution in [0, 0.1) is 0 Å². The van der Waals surface area contributed by atoms with E-state index in [9.17, 15) is 38.4 Å². The van der Waals surface area contributed by atoms with Crippen LogP contribution in [0.25, 0.3) is 90.9 Å². The van der Waals surface area contributed by atoms with Gasteiger partial charge in [0.2, 0.25) is 24.8 Å². The Morgan fingerprint density at radius 1 is 0.344 bits per heavy atom. The van der Waals surface area contributed by atoms with Crippen LogP contribution < -0.4 is 9.47 Å². The first kappa shape index (κ1) is 66.2. The second kappa shape index (κ2) is 29.0. The third kappa shape index (κ3) is 14.9. The second-order valence-electron chi connectivity index (χ2n) is 22.6. The van der Waals surface area contributed by atoms with E-state index in [0.29, 0.717) is 78.2 Å². The summed E-state index contributed by atoms with van der Waals surface area (Å²) in [5.41, 5.74) is 9.12. The van der Waals surface area contributed by atoms with Gasteiger partial charge in [-0.05, 0) is 71.8 Å². The Balaban J connectivity index is 1.14. The highest BCUT2D eigenvalue weighted by atomic mass is 16.7. The van der Waals surface area contributed by atoms with Crippen LogP contribution in [-0.4, -0.2) is 142 Å². The maximum Gasteiger partial charge on any atom is 0.303 e. The van der Waals surface area contributed by atoms with Crippen LogP contribution in [0.3, 0.4) is 0 Å². The van der Waals surface area contributed by atoms with Crippen LogP contribution in [0.4, 0.5) is 0 Å². The number of hydrogen-bond donors (Lipinski definition) is 2. The number of esters is 8. The molecule has 11 rings (SSSR count). The number of para-hydroxylation sites is 2. The SMILES string of the molecule is CC(=O)OC[C@H]1O[C@@H](Oc2ccccc2-c2c3nc(c(-c4ccccc4)c4ccc([nH]4)c(-c4ccccc4O[C@@H]4O[C@H](COC(C)=O)[C@@H](OC(C)=O)[C@H](OC(C)=O)[C@H]4OC(C)=O)c4nc(c(-c5ccccc5)c5ccc2[nH]5)C=C4)C=C3)[C@H](OC(C)=O)[C@@H](OC(C)=O)[C@@H]1OC(C)=O. The number of carbonyl (C=O) groups excluding carboxylic acids is 8. The highest BCUT2D eigenvalue weighted by Crippen LogP contribution is 2.44. The van der Waals surface area contributed by atoms with Gasteiger partial charge >= 0.3 is 47.8 Å². The van der Waals surface area contributed by atoms with Gasteiger partial charge in [-0.25, -0.2) is 9.97 Å². The maximum absolute atomic E-state index is 13.0. The fraction of sp³-hybridized carbons (Fsp3) is 0.278. The van der Waals surface area contributed by atoms with Crippen LogP contribution >= 0.6 is 0 Å². The lowest BCUT2D eigenvalue weighted by atomic mass is 9.97. The Morgan fingerprint density at radius 2 is 0.635 bits per heavy atom. The first-order chi connectivity index (χ1) is 46.2. The molecule has 7 aromatic rings. The van der Waals surface area contributed by atoms with Crippen molar-refractivity contribution in [3.05, 3.63) is 156 Å². The number of aromatic nitrogens is 4. The lowest BCUT2D eigenvalue weighted by Crippen LogP contribution is -2.63. The van der Waals surface area contributed by atoms with Crippen LogP contribution in [0.5, 0.6) is 11.5 Å². The van der Waals surface area contributed by atoms with Crippen LogP contribution in [0.15, 0.2) is 133 Å². The minimum absolute atomic E-state index is 0.167. The fourth-order valence-corrected chi connectivity index (χ4v) is 12.0. The van der Waals surface area contributed by atoms with Gasteiger partial charge < -0.3 is 66.8 Å². The summed E-state index contributed by atoms with van der Waals surface area (Å²) in [5.74, 6) is -5.86. The number of rotatable bonds is 18. The van der Waals surface area contributed by atoms with Gasteiger partial charge in [-0.15, -0.1) is 0 Å². The van der Waals surface area contributed by atoms with Crippen molar-refractivity contribution < 1.29 is 95.2 Å². The largest absolute Gasteiger partial charge is 0.463 e. The number of H-pyrrole nitrogens is 2. The highest BCUT2D eigenvalue weighted by Gasteiger charge is 2.55. The van der Waals surface area contributed by atoms with E-state index in [2.05, 4.69) is 9.97 Å². The molecule has 2 fully saturated rings. The molecule has 3 aromatic heterocycles. The molecule has 24 heteroatoms. The zero-order valence-electron chi connectivity index (χ0n) is 53.3. The summed E-state index contributed by atoms with van der Waals surface area (Å²) in [6, 6.07) is 40.9. The molecule has 10 atom stereocenters. The van der Waals surface area contributed by atoms with Gasteiger partial charge in [0.15, 0.2) is 24.4 Å². The standard InChI is InChI=1S/C72H66N4O20/c1-37(77)85-35-59-65(87-39(3)79)67(89-41(5)81)69(91-43(7)83)71(95-59)93-57-25-17-15-23-47(57)63-53-31-27-49(73-53)61(45-19-11-9-12-20-45)51-29-33-55(75-51)64(56-34-30-52(76-56)62(46-21-13-10-14-22-46)50-28-32-54(63)74-50)48-24-16-18-26-58(48)94-72-70(92-44(8)84)68(90-42(6)82)66(88-40(4)80)60(96-72)36-86-38(2)78/h9-34,59-60,65-73,76H,35-36H2,1-8H3/t59-,60-,65-,66-,67+,68+,69-,70-,71-,72-/m1/s1. The van der Waals surface area contributed by atoms with E-state index in [1.807, 2.05) is 121 Å². The van der Waals surface area contributed by atoms with E-state index in [4.69, 9.17) is 66.8 Å². The summed E-state index contributed by atoms with van der Waals surface area (Å²) >= 11 is 0. The number of hydrogen-bond acceptors (Lipinski definition) is 22. The van der Waals surface area contributed by atoms with Crippen molar-refractivity contribution >= 4 is 94.1 Å². The molecule has 0 aliphatic carbocycles. The van der Waals surface area contributed by atoms with E-state index < -0.39 is 122 Å². The molecule has 96 heavy (non-hydrogen) atoms. The normalized spacial score (nSPS) is 21.0. The maximum atomic E-state index is 13.0. The van der Waals surface area contributed by atoms with Gasteiger partial charge in [-0.2, -0.15) is 0 Å². The predicted molar refractivity (Wildman–Crippen MR) is 346 cm³/mol. The molecule has 24 nitrogen and oxygen atoms in total. The molecule has 4 aliphatic rings. The zero-order chi connectivity index (χ0) is 67.9. The first-order valence-electron chi connectivity index (χ1n) is 30.6. The molecule has 4 aromatic carbocycles. The van der Waals surface area contributed by atoms with Crippen molar-refractivity contribution in [3.8, 4) is 56.0 Å². The van der Waals surface area contributed by atoms with Crippen molar-refractivity contribution in [2.45, 2.75) is 117 Å². The minimum atomic E-state index is -1.60. The van der Waals surface area contributed by atoms with E-state index in [1.165, 1.54) is 13.8 Å². The molecule has 8 bridgehead atoms. The van der Waals surface area contributed by atoms with Crippen molar-refractivity contribution in [2.75, 3.05) is 13.2 Å². The molecule has 4 aliphatic heterocycles. The third-order valence-corrected chi connectivity index (χ3v) is 15.6. The van der Waals surface area contributed by atoms with E-state index >= 15 is 0 Å². The molecule has 0 spiro atoms. The quantitative estimate of drug-likeness (QED) is 0.0596. The van der Waals surface area contributed by atoms with Gasteiger partial charge in [0.05, 0.1) is 22.8 Å². The van der Waals surface area contributed by atoms with Gasteiger partial charge in [-0.3, -0.25) is 38.4 Å². The minimum Gasteiger partial charge on any atom is -0.463 e. The molecule has 0 radical (unpaired) electrons. The molecule has 0 saturated carbocycles. The summed E-state index contributed by atoms with van der Waals surface area (Å²) in [5, 5.41) is 0. The number of nitrogens with one attached hydrogen (secondary N) is 2. The molecule has 2 saturated heterocycles. The van der Waals surface area contributed by atoms with Crippen molar-refractivity contribution in [2.24, 2.45) is 0 Å². The molecular formula is C72H66N4O20. The average molecular weight is 1310 g/mol. The Bertz CT molecular complexity index is 4130.